The van der Waals surface area contributed by atoms with Gasteiger partial charge in [-0.2, -0.15) is 0 Å². The number of piperidine rings is 1. The lowest BCUT2D eigenvalue weighted by Gasteiger charge is -2.34. The zero-order chi connectivity index (χ0) is 12.5. The fourth-order valence-corrected chi connectivity index (χ4v) is 2.35. The zero-order valence-corrected chi connectivity index (χ0v) is 11.1. The van der Waals surface area contributed by atoms with E-state index in [-0.39, 0.29) is 0 Å². The monoisotopic (exact) mass is 235 g/mol. The van der Waals surface area contributed by atoms with Crippen molar-refractivity contribution in [1.29, 1.82) is 5.41 Å². The molecular weight excluding hydrogens is 210 g/mol. The van der Waals surface area contributed by atoms with Gasteiger partial charge in [0.15, 0.2) is 0 Å². The summed E-state index contributed by atoms with van der Waals surface area (Å²) in [6, 6.07) is 0. The lowest BCUT2D eigenvalue weighted by atomic mass is 9.93. The van der Waals surface area contributed by atoms with Crippen LogP contribution in [0.3, 0.4) is 0 Å². The first-order chi connectivity index (χ1) is 8.31. The Labute approximate surface area is 105 Å². The molecular formula is C14H25N3. The molecule has 1 fully saturated rings. The van der Waals surface area contributed by atoms with Crippen molar-refractivity contribution in [3.05, 3.63) is 23.9 Å². The van der Waals surface area contributed by atoms with Crippen LogP contribution in [0.4, 0.5) is 0 Å². The van der Waals surface area contributed by atoms with E-state index < -0.39 is 0 Å². The van der Waals surface area contributed by atoms with Gasteiger partial charge >= 0.3 is 0 Å². The average molecular weight is 235 g/mol. The highest BCUT2D eigenvalue weighted by atomic mass is 15.1. The summed E-state index contributed by atoms with van der Waals surface area (Å²) in [5, 5.41) is 10.4. The summed E-state index contributed by atoms with van der Waals surface area (Å²) in [4.78, 5) is 2.39. The Hall–Kier alpha value is -1.09. The SMILES string of the molecule is C/C=C\C(=C/C=N)N1CCC(CCNC)CC1. The average Bonchev–Trinajstić information content (AvgIpc) is 2.37. The van der Waals surface area contributed by atoms with Crippen LogP contribution in [0.15, 0.2) is 23.9 Å². The molecule has 0 spiro atoms. The van der Waals surface area contributed by atoms with Crippen molar-refractivity contribution in [3.63, 3.8) is 0 Å². The van der Waals surface area contributed by atoms with E-state index in [2.05, 4.69) is 16.3 Å². The highest BCUT2D eigenvalue weighted by molar-refractivity contribution is 5.69. The van der Waals surface area contributed by atoms with Crippen LogP contribution in [0.25, 0.3) is 0 Å². The second-order valence-corrected chi connectivity index (χ2v) is 4.58. The summed E-state index contributed by atoms with van der Waals surface area (Å²) >= 11 is 0. The van der Waals surface area contributed by atoms with Crippen molar-refractivity contribution < 1.29 is 0 Å². The van der Waals surface area contributed by atoms with E-state index in [0.717, 1.165) is 25.6 Å². The van der Waals surface area contributed by atoms with Crippen molar-refractivity contribution in [3.8, 4) is 0 Å². The lowest BCUT2D eigenvalue weighted by Crippen LogP contribution is -2.33. The van der Waals surface area contributed by atoms with Crippen LogP contribution in [0, 0.1) is 11.3 Å². The molecule has 0 aromatic carbocycles. The molecule has 1 saturated heterocycles. The number of nitrogens with zero attached hydrogens (tertiary/aromatic N) is 1. The topological polar surface area (TPSA) is 39.1 Å². The largest absolute Gasteiger partial charge is 0.371 e. The van der Waals surface area contributed by atoms with Gasteiger partial charge in [-0.3, -0.25) is 0 Å². The number of allylic oxidation sites excluding steroid dienone is 3. The number of hydrogen-bond acceptors (Lipinski definition) is 3. The third kappa shape index (κ3) is 4.73. The van der Waals surface area contributed by atoms with Crippen LogP contribution < -0.4 is 5.32 Å². The molecule has 1 aliphatic rings. The quantitative estimate of drug-likeness (QED) is 0.548. The fraction of sp³-hybridized carbons (Fsp3) is 0.643. The zero-order valence-electron chi connectivity index (χ0n) is 11.1. The number of nitrogens with one attached hydrogen (secondary N) is 2. The molecule has 3 heteroatoms. The molecule has 0 aromatic heterocycles. The van der Waals surface area contributed by atoms with Gasteiger partial charge in [0, 0.05) is 25.0 Å². The van der Waals surface area contributed by atoms with Crippen LogP contribution in [0.1, 0.15) is 26.2 Å². The molecule has 0 aliphatic carbocycles. The minimum absolute atomic E-state index is 0.866. The Morgan fingerprint density at radius 3 is 2.65 bits per heavy atom. The van der Waals surface area contributed by atoms with Gasteiger partial charge in [-0.1, -0.05) is 6.08 Å². The van der Waals surface area contributed by atoms with E-state index >= 15 is 0 Å². The Bertz CT molecular complexity index is 273. The molecule has 96 valence electrons. The molecule has 0 bridgehead atoms. The smallest absolute Gasteiger partial charge is 0.0378 e. The summed E-state index contributed by atoms with van der Waals surface area (Å²) in [5.41, 5.74) is 1.18. The number of hydrogen-bond donors (Lipinski definition) is 2. The summed E-state index contributed by atoms with van der Waals surface area (Å²) < 4.78 is 0. The molecule has 2 N–H and O–H groups in total. The van der Waals surface area contributed by atoms with Gasteiger partial charge in [-0.15, -0.1) is 0 Å². The van der Waals surface area contributed by atoms with Crippen molar-refractivity contribution in [2.45, 2.75) is 26.2 Å². The Morgan fingerprint density at radius 1 is 1.41 bits per heavy atom. The molecule has 3 nitrogen and oxygen atoms in total. The normalized spacial score (nSPS) is 18.9. The lowest BCUT2D eigenvalue weighted by molar-refractivity contribution is 0.224. The minimum atomic E-state index is 0.866. The van der Waals surface area contributed by atoms with Gasteiger partial charge < -0.3 is 15.6 Å². The van der Waals surface area contributed by atoms with Crippen LogP contribution >= 0.6 is 0 Å². The van der Waals surface area contributed by atoms with E-state index in [9.17, 15) is 0 Å². The Kier molecular flexibility index (Phi) is 6.63. The number of likely N-dealkylation sites (tertiary alicyclic amines) is 1. The maximum absolute atomic E-state index is 7.19. The van der Waals surface area contributed by atoms with Crippen LogP contribution in [0.2, 0.25) is 0 Å². The highest BCUT2D eigenvalue weighted by Crippen LogP contribution is 2.23. The second kappa shape index (κ2) is 8.07. The van der Waals surface area contributed by atoms with Crippen LogP contribution in [-0.2, 0) is 0 Å². The molecule has 0 unspecified atom stereocenters. The maximum Gasteiger partial charge on any atom is 0.0378 e. The minimum Gasteiger partial charge on any atom is -0.371 e. The van der Waals surface area contributed by atoms with Gasteiger partial charge in [0.05, 0.1) is 0 Å². The van der Waals surface area contributed by atoms with E-state index in [1.165, 1.54) is 31.2 Å². The predicted molar refractivity (Wildman–Crippen MR) is 74.5 cm³/mol. The van der Waals surface area contributed by atoms with Crippen molar-refractivity contribution in [2.24, 2.45) is 5.92 Å². The van der Waals surface area contributed by atoms with E-state index in [0.29, 0.717) is 0 Å². The Balaban J connectivity index is 2.44. The predicted octanol–water partition coefficient (Wildman–Crippen LogP) is 2.42. The molecule has 0 radical (unpaired) electrons. The van der Waals surface area contributed by atoms with Crippen LogP contribution in [-0.4, -0.2) is 37.8 Å². The standard InChI is InChI=1S/C14H25N3/c1-3-4-14(5-9-15)17-11-7-13(8-12-17)6-10-16-2/h3-5,9,13,15-16H,6-8,10-12H2,1-2H3/b4-3-,14-5+,15-9?. The first kappa shape index (κ1) is 14.0. The van der Waals surface area contributed by atoms with Crippen LogP contribution in [0.5, 0.6) is 0 Å². The number of rotatable bonds is 6. The fourth-order valence-electron chi connectivity index (χ4n) is 2.35. The first-order valence-electron chi connectivity index (χ1n) is 6.54. The highest BCUT2D eigenvalue weighted by Gasteiger charge is 2.18. The molecule has 1 rings (SSSR count). The van der Waals surface area contributed by atoms with Gasteiger partial charge in [0.2, 0.25) is 0 Å². The molecule has 0 atom stereocenters. The molecule has 17 heavy (non-hydrogen) atoms. The Morgan fingerprint density at radius 2 is 2.12 bits per heavy atom. The third-order valence-corrected chi connectivity index (χ3v) is 3.37. The summed E-state index contributed by atoms with van der Waals surface area (Å²) in [6.07, 6.45) is 11.2. The van der Waals surface area contributed by atoms with E-state index in [1.807, 2.05) is 26.1 Å². The molecule has 0 aromatic rings. The maximum atomic E-state index is 7.19. The van der Waals surface area contributed by atoms with Gasteiger partial charge in [0.1, 0.15) is 0 Å². The summed E-state index contributed by atoms with van der Waals surface area (Å²) in [7, 11) is 2.02. The molecule has 1 heterocycles. The van der Waals surface area contributed by atoms with Crippen molar-refractivity contribution >= 4 is 6.21 Å². The van der Waals surface area contributed by atoms with E-state index in [4.69, 9.17) is 5.41 Å². The molecule has 0 saturated carbocycles. The third-order valence-electron chi connectivity index (χ3n) is 3.37. The van der Waals surface area contributed by atoms with E-state index in [1.54, 1.807) is 0 Å². The van der Waals surface area contributed by atoms with Gasteiger partial charge in [-0.25, -0.2) is 0 Å². The van der Waals surface area contributed by atoms with Crippen molar-refractivity contribution in [2.75, 3.05) is 26.7 Å². The summed E-state index contributed by atoms with van der Waals surface area (Å²) in [6.45, 7) is 5.40. The first-order valence-corrected chi connectivity index (χ1v) is 6.54. The van der Waals surface area contributed by atoms with Crippen molar-refractivity contribution in [1.82, 2.24) is 10.2 Å². The summed E-state index contributed by atoms with van der Waals surface area (Å²) in [5.74, 6) is 0.866. The molecule has 0 amide bonds. The van der Waals surface area contributed by atoms with Gasteiger partial charge in [-0.05, 0) is 57.8 Å². The van der Waals surface area contributed by atoms with Gasteiger partial charge in [0.25, 0.3) is 0 Å². The second-order valence-electron chi connectivity index (χ2n) is 4.58. The molecule has 1 aliphatic heterocycles.